The first-order valence-corrected chi connectivity index (χ1v) is 7.57. The predicted molar refractivity (Wildman–Crippen MR) is 95.2 cm³/mol. The Morgan fingerprint density at radius 3 is 2.75 bits per heavy atom. The highest BCUT2D eigenvalue weighted by atomic mass is 35.5. The Labute approximate surface area is 147 Å². The van der Waals surface area contributed by atoms with Gasteiger partial charge in [-0.05, 0) is 24.6 Å². The summed E-state index contributed by atoms with van der Waals surface area (Å²) in [6.07, 6.45) is 3.37. The van der Waals surface area contributed by atoms with E-state index in [9.17, 15) is 4.79 Å². The number of nitrogens with one attached hydrogen (secondary N) is 1. The maximum atomic E-state index is 12.3. The Kier molecular flexibility index (Phi) is 8.15. The van der Waals surface area contributed by atoms with E-state index in [4.69, 9.17) is 19.6 Å². The second kappa shape index (κ2) is 9.85. The molecule has 0 saturated heterocycles. The Morgan fingerprint density at radius 1 is 1.33 bits per heavy atom. The number of benzene rings is 1. The summed E-state index contributed by atoms with van der Waals surface area (Å²) in [5.41, 5.74) is 6.45. The number of carbonyl (C=O) groups is 1. The van der Waals surface area contributed by atoms with E-state index in [0.717, 1.165) is 12.8 Å². The number of nitrogens with two attached hydrogens (primary N) is 1. The predicted octanol–water partition coefficient (Wildman–Crippen LogP) is 3.60. The topological polar surface area (TPSA) is 86.7 Å². The first-order chi connectivity index (χ1) is 11.2. The lowest BCUT2D eigenvalue weighted by molar-refractivity contribution is 0.102. The van der Waals surface area contributed by atoms with E-state index in [1.165, 1.54) is 6.26 Å². The summed E-state index contributed by atoms with van der Waals surface area (Å²) in [5.74, 6) is 1.51. The molecule has 1 aromatic carbocycles. The van der Waals surface area contributed by atoms with Gasteiger partial charge in [0.25, 0.3) is 5.91 Å². The molecule has 132 valence electrons. The molecule has 2 rings (SSSR count). The van der Waals surface area contributed by atoms with Crippen LogP contribution in [0.2, 0.25) is 0 Å². The maximum Gasteiger partial charge on any atom is 0.259 e. The van der Waals surface area contributed by atoms with Gasteiger partial charge in [0.15, 0.2) is 0 Å². The molecular formula is C17H23ClN2O4. The molecule has 1 aromatic heterocycles. The quantitative estimate of drug-likeness (QED) is 0.707. The van der Waals surface area contributed by atoms with Crippen LogP contribution in [0, 0.1) is 0 Å². The second-order valence-corrected chi connectivity index (χ2v) is 5.02. The van der Waals surface area contributed by atoms with E-state index in [2.05, 4.69) is 12.2 Å². The van der Waals surface area contributed by atoms with Crippen molar-refractivity contribution < 1.29 is 18.7 Å². The summed E-state index contributed by atoms with van der Waals surface area (Å²) in [4.78, 5) is 12.3. The molecule has 0 atom stereocenters. The standard InChI is InChI=1S/C17H22N2O4.ClH/c1-3-4-7-22-16-6-5-13(21-2)9-15(16)19-17(20)12-8-14(10-18)23-11-12;/h5-6,8-9,11H,3-4,7,10,18H2,1-2H3,(H,19,20);1H. The van der Waals surface area contributed by atoms with E-state index in [0.29, 0.717) is 35.1 Å². The van der Waals surface area contributed by atoms with Gasteiger partial charge in [0.05, 0.1) is 31.5 Å². The lowest BCUT2D eigenvalue weighted by atomic mass is 10.2. The number of methoxy groups -OCH3 is 1. The highest BCUT2D eigenvalue weighted by molar-refractivity contribution is 6.05. The molecule has 3 N–H and O–H groups in total. The number of amides is 1. The van der Waals surface area contributed by atoms with Crippen molar-refractivity contribution in [1.29, 1.82) is 0 Å². The summed E-state index contributed by atoms with van der Waals surface area (Å²) in [6.45, 7) is 2.93. The van der Waals surface area contributed by atoms with Crippen LogP contribution in [0.3, 0.4) is 0 Å². The van der Waals surface area contributed by atoms with Crippen molar-refractivity contribution >= 4 is 24.0 Å². The molecule has 0 bridgehead atoms. The van der Waals surface area contributed by atoms with Gasteiger partial charge in [-0.25, -0.2) is 0 Å². The molecule has 1 heterocycles. The van der Waals surface area contributed by atoms with Crippen molar-refractivity contribution in [3.8, 4) is 11.5 Å². The molecule has 24 heavy (non-hydrogen) atoms. The van der Waals surface area contributed by atoms with Gasteiger partial charge in [-0.15, -0.1) is 12.4 Å². The third-order valence-electron chi connectivity index (χ3n) is 3.31. The van der Waals surface area contributed by atoms with Gasteiger partial charge in [0.2, 0.25) is 0 Å². The fourth-order valence-electron chi connectivity index (χ4n) is 1.99. The van der Waals surface area contributed by atoms with Crippen LogP contribution in [-0.4, -0.2) is 19.6 Å². The number of hydrogen-bond acceptors (Lipinski definition) is 5. The minimum atomic E-state index is -0.290. The summed E-state index contributed by atoms with van der Waals surface area (Å²) in [7, 11) is 1.57. The molecule has 7 heteroatoms. The largest absolute Gasteiger partial charge is 0.497 e. The molecule has 0 aliphatic carbocycles. The highest BCUT2D eigenvalue weighted by Gasteiger charge is 2.13. The summed E-state index contributed by atoms with van der Waals surface area (Å²) < 4.78 is 16.1. The van der Waals surface area contributed by atoms with Gasteiger partial charge in [-0.1, -0.05) is 13.3 Å². The summed E-state index contributed by atoms with van der Waals surface area (Å²) in [6, 6.07) is 6.92. The fourth-order valence-corrected chi connectivity index (χ4v) is 1.99. The number of halogens is 1. The van der Waals surface area contributed by atoms with Crippen LogP contribution in [-0.2, 0) is 6.54 Å². The molecule has 6 nitrogen and oxygen atoms in total. The molecule has 0 saturated carbocycles. The number of rotatable bonds is 8. The Hall–Kier alpha value is -2.18. The van der Waals surface area contributed by atoms with E-state index >= 15 is 0 Å². The zero-order valence-corrected chi connectivity index (χ0v) is 14.7. The molecule has 0 radical (unpaired) electrons. The molecule has 0 aliphatic heterocycles. The first kappa shape index (κ1) is 19.9. The minimum Gasteiger partial charge on any atom is -0.497 e. The number of hydrogen-bond donors (Lipinski definition) is 2. The fraction of sp³-hybridized carbons (Fsp3) is 0.353. The summed E-state index contributed by atoms with van der Waals surface area (Å²) in [5, 5.41) is 2.82. The normalized spacial score (nSPS) is 9.96. The second-order valence-electron chi connectivity index (χ2n) is 5.02. The lowest BCUT2D eigenvalue weighted by Crippen LogP contribution is -2.12. The van der Waals surface area contributed by atoms with Crippen molar-refractivity contribution in [3.63, 3.8) is 0 Å². The van der Waals surface area contributed by atoms with Gasteiger partial charge in [-0.3, -0.25) is 4.79 Å². The molecule has 0 unspecified atom stereocenters. The van der Waals surface area contributed by atoms with Crippen LogP contribution in [0.5, 0.6) is 11.5 Å². The third kappa shape index (κ3) is 5.18. The molecule has 1 amide bonds. The van der Waals surface area contributed by atoms with Crippen LogP contribution >= 0.6 is 12.4 Å². The van der Waals surface area contributed by atoms with Crippen LogP contribution in [0.15, 0.2) is 34.9 Å². The molecule has 2 aromatic rings. The minimum absolute atomic E-state index is 0. The van der Waals surface area contributed by atoms with Crippen LogP contribution < -0.4 is 20.5 Å². The van der Waals surface area contributed by atoms with Gasteiger partial charge in [0.1, 0.15) is 23.5 Å². The average molecular weight is 355 g/mol. The Balaban J connectivity index is 0.00000288. The number of unbranched alkanes of at least 4 members (excludes halogenated alkanes) is 1. The zero-order valence-electron chi connectivity index (χ0n) is 13.8. The van der Waals surface area contributed by atoms with Gasteiger partial charge < -0.3 is 24.9 Å². The first-order valence-electron chi connectivity index (χ1n) is 7.57. The van der Waals surface area contributed by atoms with Crippen molar-refractivity contribution in [1.82, 2.24) is 0 Å². The lowest BCUT2D eigenvalue weighted by Gasteiger charge is -2.13. The maximum absolute atomic E-state index is 12.3. The van der Waals surface area contributed by atoms with Gasteiger partial charge in [0, 0.05) is 6.07 Å². The van der Waals surface area contributed by atoms with Crippen molar-refractivity contribution in [2.45, 2.75) is 26.3 Å². The van der Waals surface area contributed by atoms with Crippen LogP contribution in [0.25, 0.3) is 0 Å². The van der Waals surface area contributed by atoms with Crippen molar-refractivity contribution in [2.75, 3.05) is 19.0 Å². The van der Waals surface area contributed by atoms with E-state index < -0.39 is 0 Å². The van der Waals surface area contributed by atoms with Crippen LogP contribution in [0.4, 0.5) is 5.69 Å². The Morgan fingerprint density at radius 2 is 2.12 bits per heavy atom. The Bertz CT molecular complexity index is 658. The molecule has 0 spiro atoms. The smallest absolute Gasteiger partial charge is 0.259 e. The number of furan rings is 1. The van der Waals surface area contributed by atoms with Crippen molar-refractivity contribution in [2.24, 2.45) is 5.73 Å². The highest BCUT2D eigenvalue weighted by Crippen LogP contribution is 2.30. The van der Waals surface area contributed by atoms with E-state index in [1.54, 1.807) is 31.4 Å². The van der Waals surface area contributed by atoms with Gasteiger partial charge in [-0.2, -0.15) is 0 Å². The SMILES string of the molecule is CCCCOc1ccc(OC)cc1NC(=O)c1coc(CN)c1.Cl. The third-order valence-corrected chi connectivity index (χ3v) is 3.31. The zero-order chi connectivity index (χ0) is 16.7. The summed E-state index contributed by atoms with van der Waals surface area (Å²) >= 11 is 0. The van der Waals surface area contributed by atoms with E-state index in [1.807, 2.05) is 0 Å². The van der Waals surface area contributed by atoms with Crippen LogP contribution in [0.1, 0.15) is 35.9 Å². The van der Waals surface area contributed by atoms with E-state index in [-0.39, 0.29) is 24.9 Å². The molecular weight excluding hydrogens is 332 g/mol. The average Bonchev–Trinajstić information content (AvgIpc) is 3.05. The molecule has 0 fully saturated rings. The number of anilines is 1. The van der Waals surface area contributed by atoms with Crippen molar-refractivity contribution in [3.05, 3.63) is 41.9 Å². The monoisotopic (exact) mass is 354 g/mol. The number of ether oxygens (including phenoxy) is 2. The number of carbonyl (C=O) groups excluding carboxylic acids is 1. The van der Waals surface area contributed by atoms with Gasteiger partial charge >= 0.3 is 0 Å². The molecule has 0 aliphatic rings.